The summed E-state index contributed by atoms with van der Waals surface area (Å²) in [6.07, 6.45) is 5.00. The Morgan fingerprint density at radius 2 is 1.79 bits per heavy atom. The van der Waals surface area contributed by atoms with Gasteiger partial charge in [0.05, 0.1) is 0 Å². The lowest BCUT2D eigenvalue weighted by atomic mass is 10.1. The fourth-order valence-electron chi connectivity index (χ4n) is 2.98. The molecule has 0 radical (unpaired) electrons. The molecule has 2 heterocycles. The van der Waals surface area contributed by atoms with Gasteiger partial charge in [0.15, 0.2) is 0 Å². The van der Waals surface area contributed by atoms with E-state index in [1.54, 1.807) is 8.61 Å². The van der Waals surface area contributed by atoms with Crippen LogP contribution in [0.2, 0.25) is 0 Å². The maximum absolute atomic E-state index is 12.8. The Morgan fingerprint density at radius 3 is 2.37 bits per heavy atom. The van der Waals surface area contributed by atoms with E-state index in [0.717, 1.165) is 38.6 Å². The minimum Gasteiger partial charge on any atom is -0.311 e. The molecule has 0 aliphatic carbocycles. The van der Waals surface area contributed by atoms with Crippen LogP contribution in [0.4, 0.5) is 0 Å². The molecule has 0 aromatic carbocycles. The monoisotopic (exact) mass is 289 g/mol. The average molecular weight is 289 g/mol. The van der Waals surface area contributed by atoms with Gasteiger partial charge in [-0.05, 0) is 25.7 Å². The highest BCUT2D eigenvalue weighted by Crippen LogP contribution is 2.22. The van der Waals surface area contributed by atoms with Crippen LogP contribution >= 0.6 is 0 Å². The summed E-state index contributed by atoms with van der Waals surface area (Å²) in [6.45, 7) is 6.96. The van der Waals surface area contributed by atoms with Crippen LogP contribution in [0.25, 0.3) is 0 Å². The van der Waals surface area contributed by atoms with Crippen LogP contribution in [0.5, 0.6) is 0 Å². The molecule has 112 valence electrons. The Kier molecular flexibility index (Phi) is 5.22. The molecule has 2 aliphatic rings. The number of hydrogen-bond donors (Lipinski definition) is 1. The second kappa shape index (κ2) is 6.52. The lowest BCUT2D eigenvalue weighted by Gasteiger charge is -2.41. The molecule has 2 aliphatic heterocycles. The summed E-state index contributed by atoms with van der Waals surface area (Å²) in [6, 6.07) is 0.400. The van der Waals surface area contributed by atoms with Gasteiger partial charge < -0.3 is 5.32 Å². The maximum atomic E-state index is 12.8. The summed E-state index contributed by atoms with van der Waals surface area (Å²) in [5.41, 5.74) is 0. The van der Waals surface area contributed by atoms with Gasteiger partial charge in [-0.1, -0.05) is 20.3 Å². The van der Waals surface area contributed by atoms with Crippen LogP contribution < -0.4 is 5.32 Å². The number of rotatable bonds is 4. The summed E-state index contributed by atoms with van der Waals surface area (Å²) >= 11 is 0. The Morgan fingerprint density at radius 1 is 1.11 bits per heavy atom. The topological polar surface area (TPSA) is 52.7 Å². The molecular formula is C13H27N3O2S. The van der Waals surface area contributed by atoms with Gasteiger partial charge in [0, 0.05) is 38.3 Å². The molecule has 2 rings (SSSR count). The molecule has 0 spiro atoms. The van der Waals surface area contributed by atoms with Crippen LogP contribution in [-0.4, -0.2) is 55.3 Å². The van der Waals surface area contributed by atoms with Gasteiger partial charge in [-0.2, -0.15) is 17.0 Å². The third-order valence-electron chi connectivity index (χ3n) is 4.35. The van der Waals surface area contributed by atoms with Gasteiger partial charge in [-0.25, -0.2) is 0 Å². The predicted molar refractivity (Wildman–Crippen MR) is 77.2 cm³/mol. The van der Waals surface area contributed by atoms with Gasteiger partial charge >= 0.3 is 0 Å². The molecule has 0 aromatic rings. The van der Waals surface area contributed by atoms with Crippen LogP contribution in [-0.2, 0) is 10.2 Å². The fourth-order valence-corrected chi connectivity index (χ4v) is 4.97. The minimum atomic E-state index is -3.26. The maximum Gasteiger partial charge on any atom is 0.282 e. The Balaban J connectivity index is 2.14. The lowest BCUT2D eigenvalue weighted by Crippen LogP contribution is -2.61. The largest absolute Gasteiger partial charge is 0.311 e. The van der Waals surface area contributed by atoms with Crippen LogP contribution in [0.1, 0.15) is 46.0 Å². The standard InChI is InChI=1S/C13H27N3O2S/c1-3-12-11-16(13(4-2)10-14-12)19(17,18)15-8-6-5-7-9-15/h12-14H,3-11H2,1-2H3. The molecule has 1 N–H and O–H groups in total. The molecule has 0 amide bonds. The summed E-state index contributed by atoms with van der Waals surface area (Å²) < 4.78 is 29.0. The van der Waals surface area contributed by atoms with Crippen LogP contribution in [0, 0.1) is 0 Å². The van der Waals surface area contributed by atoms with Gasteiger partial charge in [0.2, 0.25) is 0 Å². The molecule has 0 aromatic heterocycles. The van der Waals surface area contributed by atoms with Crippen molar-refractivity contribution in [3.8, 4) is 0 Å². The summed E-state index contributed by atoms with van der Waals surface area (Å²) in [7, 11) is -3.26. The fraction of sp³-hybridized carbons (Fsp3) is 1.00. The first-order valence-electron chi connectivity index (χ1n) is 7.59. The van der Waals surface area contributed by atoms with Crippen molar-refractivity contribution in [3.05, 3.63) is 0 Å². The third-order valence-corrected chi connectivity index (χ3v) is 6.41. The highest BCUT2D eigenvalue weighted by atomic mass is 32.2. The van der Waals surface area contributed by atoms with E-state index in [0.29, 0.717) is 25.7 Å². The third kappa shape index (κ3) is 3.29. The van der Waals surface area contributed by atoms with E-state index in [4.69, 9.17) is 0 Å². The zero-order valence-electron chi connectivity index (χ0n) is 12.1. The first kappa shape index (κ1) is 15.2. The second-order valence-corrected chi connectivity index (χ2v) is 7.49. The van der Waals surface area contributed by atoms with E-state index in [1.165, 1.54) is 0 Å². The van der Waals surface area contributed by atoms with Crippen molar-refractivity contribution >= 4 is 10.2 Å². The number of nitrogens with zero attached hydrogens (tertiary/aromatic N) is 2. The van der Waals surface area contributed by atoms with E-state index in [9.17, 15) is 8.42 Å². The molecule has 2 atom stereocenters. The van der Waals surface area contributed by atoms with Crippen LogP contribution in [0.15, 0.2) is 0 Å². The molecule has 0 saturated carbocycles. The summed E-state index contributed by atoms with van der Waals surface area (Å²) in [5, 5.41) is 3.45. The van der Waals surface area contributed by atoms with E-state index in [-0.39, 0.29) is 6.04 Å². The molecule has 2 saturated heterocycles. The molecule has 2 fully saturated rings. The first-order valence-corrected chi connectivity index (χ1v) is 8.99. The van der Waals surface area contributed by atoms with E-state index < -0.39 is 10.2 Å². The molecular weight excluding hydrogens is 262 g/mol. The smallest absolute Gasteiger partial charge is 0.282 e. The Hall–Kier alpha value is -0.170. The van der Waals surface area contributed by atoms with Crippen molar-refractivity contribution in [2.45, 2.75) is 58.0 Å². The lowest BCUT2D eigenvalue weighted by molar-refractivity contribution is 0.196. The van der Waals surface area contributed by atoms with Crippen molar-refractivity contribution in [3.63, 3.8) is 0 Å². The zero-order valence-corrected chi connectivity index (χ0v) is 13.0. The normalized spacial score (nSPS) is 31.5. The Bertz CT molecular complexity index is 379. The quantitative estimate of drug-likeness (QED) is 0.845. The van der Waals surface area contributed by atoms with E-state index in [1.807, 2.05) is 0 Å². The molecule has 2 unspecified atom stereocenters. The highest BCUT2D eigenvalue weighted by molar-refractivity contribution is 7.86. The van der Waals surface area contributed by atoms with Gasteiger partial charge in [-0.3, -0.25) is 0 Å². The van der Waals surface area contributed by atoms with E-state index >= 15 is 0 Å². The number of piperidine rings is 1. The molecule has 0 bridgehead atoms. The average Bonchev–Trinajstić information content (AvgIpc) is 2.47. The van der Waals surface area contributed by atoms with Crippen LogP contribution in [0.3, 0.4) is 0 Å². The molecule has 5 nitrogen and oxygen atoms in total. The van der Waals surface area contributed by atoms with Crippen molar-refractivity contribution in [1.82, 2.24) is 13.9 Å². The minimum absolute atomic E-state index is 0.106. The Labute approximate surface area is 117 Å². The predicted octanol–water partition coefficient (Wildman–Crippen LogP) is 1.18. The second-order valence-electron chi connectivity index (χ2n) is 5.61. The van der Waals surface area contributed by atoms with Gasteiger partial charge in [0.25, 0.3) is 10.2 Å². The van der Waals surface area contributed by atoms with Crippen molar-refractivity contribution < 1.29 is 8.42 Å². The summed E-state index contributed by atoms with van der Waals surface area (Å²) in [4.78, 5) is 0. The van der Waals surface area contributed by atoms with Crippen molar-refractivity contribution in [2.24, 2.45) is 0 Å². The highest BCUT2D eigenvalue weighted by Gasteiger charge is 2.38. The SMILES string of the molecule is CCC1CN(S(=O)(=O)N2CCCCC2)C(CC)CN1. The zero-order chi connectivity index (χ0) is 13.9. The van der Waals surface area contributed by atoms with Gasteiger partial charge in [0.1, 0.15) is 0 Å². The van der Waals surface area contributed by atoms with E-state index in [2.05, 4.69) is 19.2 Å². The summed E-state index contributed by atoms with van der Waals surface area (Å²) in [5.74, 6) is 0. The molecule has 19 heavy (non-hydrogen) atoms. The van der Waals surface area contributed by atoms with Gasteiger partial charge in [-0.15, -0.1) is 0 Å². The number of piperazine rings is 1. The number of hydrogen-bond acceptors (Lipinski definition) is 3. The molecule has 6 heteroatoms. The van der Waals surface area contributed by atoms with Crippen molar-refractivity contribution in [1.29, 1.82) is 0 Å². The number of nitrogens with one attached hydrogen (secondary N) is 1. The van der Waals surface area contributed by atoms with Crippen molar-refractivity contribution in [2.75, 3.05) is 26.2 Å². The first-order chi connectivity index (χ1) is 9.09.